The molecule has 1 heteroatoms. The van der Waals surface area contributed by atoms with E-state index in [1.54, 1.807) is 6.08 Å². The van der Waals surface area contributed by atoms with Gasteiger partial charge in [-0.1, -0.05) is 55.9 Å². The number of hydrogen-bond donors (Lipinski definition) is 0. The molecule has 70 valence electrons. The molecule has 0 saturated carbocycles. The Morgan fingerprint density at radius 1 is 0.846 bits per heavy atom. The van der Waals surface area contributed by atoms with Crippen molar-refractivity contribution >= 4 is 6.29 Å². The molecule has 0 N–H and O–H groups in total. The van der Waals surface area contributed by atoms with Crippen molar-refractivity contribution in [2.24, 2.45) is 0 Å². The number of carbonyl (C=O) groups excluding carboxylic acids is 1. The van der Waals surface area contributed by atoms with Crippen molar-refractivity contribution in [3.63, 3.8) is 0 Å². The smallest absolute Gasteiger partial charge is 0.142 e. The van der Waals surface area contributed by atoms with Crippen molar-refractivity contribution in [3.8, 4) is 0 Å². The lowest BCUT2D eigenvalue weighted by atomic mass is 10.3. The van der Waals surface area contributed by atoms with Crippen molar-refractivity contribution in [1.29, 1.82) is 0 Å². The van der Waals surface area contributed by atoms with E-state index in [1.807, 2.05) is 30.4 Å². The summed E-state index contributed by atoms with van der Waals surface area (Å²) in [7, 11) is 0. The van der Waals surface area contributed by atoms with E-state index >= 15 is 0 Å². The second-order valence-electron chi connectivity index (χ2n) is 2.51. The van der Waals surface area contributed by atoms with Crippen LogP contribution in [0.25, 0.3) is 0 Å². The maximum Gasteiger partial charge on any atom is 0.142 e. The Balaban J connectivity index is 3.56. The second kappa shape index (κ2) is 10.6. The Morgan fingerprint density at radius 2 is 1.38 bits per heavy atom. The van der Waals surface area contributed by atoms with Gasteiger partial charge in [0, 0.05) is 0 Å². The number of allylic oxidation sites excluding steroid dienone is 8. The molecule has 0 fully saturated rings. The minimum atomic E-state index is 0.759. The fourth-order valence-corrected chi connectivity index (χ4v) is 0.708. The van der Waals surface area contributed by atoms with Crippen LogP contribution in [0.1, 0.15) is 19.8 Å². The molecular formula is C12H16O. The van der Waals surface area contributed by atoms with Gasteiger partial charge in [0.15, 0.2) is 0 Å². The molecule has 0 radical (unpaired) electrons. The first kappa shape index (κ1) is 11.6. The van der Waals surface area contributed by atoms with Gasteiger partial charge in [0.05, 0.1) is 0 Å². The quantitative estimate of drug-likeness (QED) is 0.345. The number of rotatable bonds is 6. The molecule has 0 unspecified atom stereocenters. The van der Waals surface area contributed by atoms with Gasteiger partial charge < -0.3 is 0 Å². The normalized spacial score (nSPS) is 12.7. The molecule has 0 heterocycles. The van der Waals surface area contributed by atoms with Gasteiger partial charge in [-0.3, -0.25) is 4.79 Å². The Bertz CT molecular complexity index is 219. The zero-order valence-corrected chi connectivity index (χ0v) is 8.02. The number of aldehydes is 1. The standard InChI is InChI=1S/C12H16O/c1-2-3-4-5-6-7-8-9-10-11-12-13/h4-12H,2-3H2,1H3. The maximum atomic E-state index is 9.86. The van der Waals surface area contributed by atoms with Gasteiger partial charge in [-0.15, -0.1) is 0 Å². The molecule has 0 aliphatic rings. The molecule has 0 atom stereocenters. The van der Waals surface area contributed by atoms with Gasteiger partial charge in [0.2, 0.25) is 0 Å². The summed E-state index contributed by atoms with van der Waals surface area (Å²) in [5.41, 5.74) is 0. The van der Waals surface area contributed by atoms with Crippen LogP contribution in [0.15, 0.2) is 48.6 Å². The molecule has 0 bridgehead atoms. The van der Waals surface area contributed by atoms with Gasteiger partial charge in [0.1, 0.15) is 6.29 Å². The summed E-state index contributed by atoms with van der Waals surface area (Å²) < 4.78 is 0. The van der Waals surface area contributed by atoms with Gasteiger partial charge in [0.25, 0.3) is 0 Å². The fraction of sp³-hybridized carbons (Fsp3) is 0.250. The van der Waals surface area contributed by atoms with Crippen molar-refractivity contribution in [2.75, 3.05) is 0 Å². The van der Waals surface area contributed by atoms with Crippen LogP contribution in [0.3, 0.4) is 0 Å². The fourth-order valence-electron chi connectivity index (χ4n) is 0.708. The highest BCUT2D eigenvalue weighted by atomic mass is 16.1. The summed E-state index contributed by atoms with van der Waals surface area (Å²) >= 11 is 0. The molecule has 0 rings (SSSR count). The summed E-state index contributed by atoms with van der Waals surface area (Å²) in [6, 6.07) is 0. The number of hydrogen-bond acceptors (Lipinski definition) is 1. The van der Waals surface area contributed by atoms with E-state index in [0.717, 1.165) is 12.7 Å². The van der Waals surface area contributed by atoms with Crippen LogP contribution in [0, 0.1) is 0 Å². The maximum absolute atomic E-state index is 9.86. The van der Waals surface area contributed by atoms with Crippen molar-refractivity contribution in [1.82, 2.24) is 0 Å². The average molecular weight is 176 g/mol. The molecule has 0 aromatic heterocycles. The Labute approximate surface area is 80.2 Å². The molecule has 0 aliphatic heterocycles. The van der Waals surface area contributed by atoms with Crippen molar-refractivity contribution in [3.05, 3.63) is 48.6 Å². The predicted molar refractivity (Wildman–Crippen MR) is 57.5 cm³/mol. The Hall–Kier alpha value is -1.37. The highest BCUT2D eigenvalue weighted by Crippen LogP contribution is 1.89. The summed E-state index contributed by atoms with van der Waals surface area (Å²) in [5.74, 6) is 0. The van der Waals surface area contributed by atoms with E-state index in [-0.39, 0.29) is 0 Å². The summed E-state index contributed by atoms with van der Waals surface area (Å²) in [6.45, 7) is 2.15. The minimum absolute atomic E-state index is 0.759. The van der Waals surface area contributed by atoms with Crippen LogP contribution >= 0.6 is 0 Å². The SMILES string of the molecule is CCCC=CC=CC=CC=CC=O. The third-order valence-electron chi connectivity index (χ3n) is 1.34. The molecule has 0 amide bonds. The third-order valence-corrected chi connectivity index (χ3v) is 1.34. The lowest BCUT2D eigenvalue weighted by molar-refractivity contribution is -0.104. The first-order valence-corrected chi connectivity index (χ1v) is 4.52. The molecular weight excluding hydrogens is 160 g/mol. The Kier molecular flexibility index (Phi) is 9.51. The first-order chi connectivity index (χ1) is 6.41. The summed E-state index contributed by atoms with van der Waals surface area (Å²) in [5, 5.41) is 0. The van der Waals surface area contributed by atoms with E-state index in [2.05, 4.69) is 13.0 Å². The van der Waals surface area contributed by atoms with Crippen LogP contribution < -0.4 is 0 Å². The van der Waals surface area contributed by atoms with Gasteiger partial charge in [-0.05, 0) is 12.5 Å². The van der Waals surface area contributed by atoms with Gasteiger partial charge >= 0.3 is 0 Å². The zero-order chi connectivity index (χ0) is 9.78. The lowest BCUT2D eigenvalue weighted by Gasteiger charge is -1.79. The summed E-state index contributed by atoms with van der Waals surface area (Å²) in [4.78, 5) is 9.86. The van der Waals surface area contributed by atoms with E-state index in [9.17, 15) is 4.79 Å². The second-order valence-corrected chi connectivity index (χ2v) is 2.51. The molecule has 0 aliphatic carbocycles. The molecule has 0 saturated heterocycles. The van der Waals surface area contributed by atoms with E-state index in [4.69, 9.17) is 0 Å². The van der Waals surface area contributed by atoms with Crippen LogP contribution in [-0.2, 0) is 4.79 Å². The summed E-state index contributed by atoms with van der Waals surface area (Å²) in [6.07, 6.45) is 18.0. The van der Waals surface area contributed by atoms with Crippen molar-refractivity contribution < 1.29 is 4.79 Å². The van der Waals surface area contributed by atoms with Crippen LogP contribution in [0.2, 0.25) is 0 Å². The van der Waals surface area contributed by atoms with E-state index in [0.29, 0.717) is 0 Å². The molecule has 13 heavy (non-hydrogen) atoms. The number of unbranched alkanes of at least 4 members (excludes halogenated alkanes) is 1. The molecule has 0 aromatic rings. The highest BCUT2D eigenvalue weighted by Gasteiger charge is 1.68. The Morgan fingerprint density at radius 3 is 1.92 bits per heavy atom. The van der Waals surface area contributed by atoms with Gasteiger partial charge in [-0.2, -0.15) is 0 Å². The molecule has 0 spiro atoms. The van der Waals surface area contributed by atoms with E-state index < -0.39 is 0 Å². The average Bonchev–Trinajstić information content (AvgIpc) is 2.16. The minimum Gasteiger partial charge on any atom is -0.299 e. The lowest BCUT2D eigenvalue weighted by Crippen LogP contribution is -1.59. The first-order valence-electron chi connectivity index (χ1n) is 4.52. The third kappa shape index (κ3) is 10.6. The van der Waals surface area contributed by atoms with Gasteiger partial charge in [-0.25, -0.2) is 0 Å². The predicted octanol–water partition coefficient (Wildman–Crippen LogP) is 3.21. The molecule has 0 aromatic carbocycles. The topological polar surface area (TPSA) is 17.1 Å². The van der Waals surface area contributed by atoms with Crippen LogP contribution in [0.4, 0.5) is 0 Å². The largest absolute Gasteiger partial charge is 0.299 e. The monoisotopic (exact) mass is 176 g/mol. The molecule has 1 nitrogen and oxygen atoms in total. The van der Waals surface area contributed by atoms with E-state index in [1.165, 1.54) is 12.5 Å². The van der Waals surface area contributed by atoms with Crippen LogP contribution in [-0.4, -0.2) is 6.29 Å². The zero-order valence-electron chi connectivity index (χ0n) is 8.02. The highest BCUT2D eigenvalue weighted by molar-refractivity contribution is 5.65. The number of carbonyl (C=O) groups is 1. The van der Waals surface area contributed by atoms with Crippen molar-refractivity contribution in [2.45, 2.75) is 19.8 Å². The van der Waals surface area contributed by atoms with Crippen LogP contribution in [0.5, 0.6) is 0 Å².